The van der Waals surface area contributed by atoms with Gasteiger partial charge in [0.2, 0.25) is 0 Å². The second-order valence-electron chi connectivity index (χ2n) is 4.86. The van der Waals surface area contributed by atoms with Crippen LogP contribution in [0.5, 0.6) is 0 Å². The number of hydrogen-bond acceptors (Lipinski definition) is 3. The molecule has 100 valence electrons. The standard InChI is InChI=1S/C14H21NO3/c1-10(2)8-12(9-16)15-13(14(17)18)11-6-4-3-5-7-11/h3-7,10,12-13,15-16H,8-9H2,1-2H3,(H,17,18). The fraction of sp³-hybridized carbons (Fsp3) is 0.500. The Morgan fingerprint density at radius 1 is 1.28 bits per heavy atom. The van der Waals surface area contributed by atoms with Gasteiger partial charge in [0, 0.05) is 6.04 Å². The van der Waals surface area contributed by atoms with Crippen molar-refractivity contribution in [1.29, 1.82) is 0 Å². The minimum absolute atomic E-state index is 0.0607. The van der Waals surface area contributed by atoms with Crippen molar-refractivity contribution in [2.75, 3.05) is 6.61 Å². The fourth-order valence-electron chi connectivity index (χ4n) is 1.96. The SMILES string of the molecule is CC(C)CC(CO)NC(C(=O)O)c1ccccc1. The van der Waals surface area contributed by atoms with Crippen LogP contribution < -0.4 is 5.32 Å². The van der Waals surface area contributed by atoms with Gasteiger partial charge in [-0.25, -0.2) is 0 Å². The van der Waals surface area contributed by atoms with Crippen LogP contribution in [0, 0.1) is 5.92 Å². The van der Waals surface area contributed by atoms with E-state index >= 15 is 0 Å². The number of benzene rings is 1. The zero-order valence-corrected chi connectivity index (χ0v) is 10.8. The first-order valence-corrected chi connectivity index (χ1v) is 6.19. The van der Waals surface area contributed by atoms with E-state index in [-0.39, 0.29) is 12.6 Å². The Bertz CT molecular complexity index is 365. The Balaban J connectivity index is 2.77. The number of aliphatic hydroxyl groups is 1. The summed E-state index contributed by atoms with van der Waals surface area (Å²) in [5.74, 6) is -0.525. The van der Waals surface area contributed by atoms with Gasteiger partial charge in [0.15, 0.2) is 0 Å². The minimum atomic E-state index is -0.927. The van der Waals surface area contributed by atoms with Crippen LogP contribution in [0.25, 0.3) is 0 Å². The van der Waals surface area contributed by atoms with Crippen LogP contribution in [-0.4, -0.2) is 28.8 Å². The lowest BCUT2D eigenvalue weighted by molar-refractivity contribution is -0.140. The van der Waals surface area contributed by atoms with Gasteiger partial charge in [-0.1, -0.05) is 44.2 Å². The Kier molecular flexibility index (Phi) is 5.82. The number of aliphatic hydroxyl groups excluding tert-OH is 1. The van der Waals surface area contributed by atoms with E-state index in [9.17, 15) is 15.0 Å². The van der Waals surface area contributed by atoms with Gasteiger partial charge in [0.1, 0.15) is 6.04 Å². The number of carbonyl (C=O) groups is 1. The van der Waals surface area contributed by atoms with Crippen LogP contribution >= 0.6 is 0 Å². The highest BCUT2D eigenvalue weighted by Gasteiger charge is 2.23. The highest BCUT2D eigenvalue weighted by atomic mass is 16.4. The van der Waals surface area contributed by atoms with Gasteiger partial charge in [-0.3, -0.25) is 10.1 Å². The van der Waals surface area contributed by atoms with Gasteiger partial charge in [-0.2, -0.15) is 0 Å². The van der Waals surface area contributed by atoms with Crippen molar-refractivity contribution in [3.63, 3.8) is 0 Å². The van der Waals surface area contributed by atoms with Gasteiger partial charge < -0.3 is 10.2 Å². The Morgan fingerprint density at radius 2 is 1.89 bits per heavy atom. The summed E-state index contributed by atoms with van der Waals surface area (Å²) >= 11 is 0. The molecular weight excluding hydrogens is 230 g/mol. The molecule has 0 radical (unpaired) electrons. The topological polar surface area (TPSA) is 69.6 Å². The molecule has 0 amide bonds. The zero-order chi connectivity index (χ0) is 13.5. The predicted molar refractivity (Wildman–Crippen MR) is 70.3 cm³/mol. The molecule has 0 saturated heterocycles. The number of carboxylic acid groups (broad SMARTS) is 1. The maximum Gasteiger partial charge on any atom is 0.325 e. The zero-order valence-electron chi connectivity index (χ0n) is 10.8. The van der Waals surface area contributed by atoms with E-state index in [1.54, 1.807) is 12.1 Å². The van der Waals surface area contributed by atoms with Crippen LogP contribution in [-0.2, 0) is 4.79 Å². The third kappa shape index (κ3) is 4.47. The average molecular weight is 251 g/mol. The summed E-state index contributed by atoms with van der Waals surface area (Å²) in [6, 6.07) is 8.03. The minimum Gasteiger partial charge on any atom is -0.480 e. The molecule has 0 aliphatic rings. The van der Waals surface area contributed by atoms with Gasteiger partial charge in [-0.15, -0.1) is 0 Å². The second-order valence-corrected chi connectivity index (χ2v) is 4.86. The first-order chi connectivity index (χ1) is 8.54. The van der Waals surface area contributed by atoms with E-state index in [1.807, 2.05) is 32.0 Å². The molecule has 1 aromatic rings. The fourth-order valence-corrected chi connectivity index (χ4v) is 1.96. The largest absolute Gasteiger partial charge is 0.480 e. The number of rotatable bonds is 7. The summed E-state index contributed by atoms with van der Waals surface area (Å²) in [7, 11) is 0. The summed E-state index contributed by atoms with van der Waals surface area (Å²) in [6.07, 6.45) is 0.743. The van der Waals surface area contributed by atoms with E-state index < -0.39 is 12.0 Å². The summed E-state index contributed by atoms with van der Waals surface area (Å²) in [6.45, 7) is 4.03. The van der Waals surface area contributed by atoms with Crippen molar-refractivity contribution >= 4 is 5.97 Å². The van der Waals surface area contributed by atoms with E-state index in [0.717, 1.165) is 6.42 Å². The first kappa shape index (κ1) is 14.7. The molecule has 2 unspecified atom stereocenters. The number of aliphatic carboxylic acids is 1. The normalized spacial score (nSPS) is 14.4. The maximum absolute atomic E-state index is 11.3. The third-order valence-corrected chi connectivity index (χ3v) is 2.76. The van der Waals surface area contributed by atoms with Crippen LogP contribution in [0.2, 0.25) is 0 Å². The molecule has 1 aromatic carbocycles. The molecule has 0 aliphatic carbocycles. The lowest BCUT2D eigenvalue weighted by Crippen LogP contribution is -2.40. The van der Waals surface area contributed by atoms with Crippen molar-refractivity contribution in [3.8, 4) is 0 Å². The van der Waals surface area contributed by atoms with Crippen molar-refractivity contribution in [2.45, 2.75) is 32.4 Å². The van der Waals surface area contributed by atoms with Gasteiger partial charge >= 0.3 is 5.97 Å². The molecule has 0 aromatic heterocycles. The molecule has 4 nitrogen and oxygen atoms in total. The lowest BCUT2D eigenvalue weighted by Gasteiger charge is -2.23. The van der Waals surface area contributed by atoms with Gasteiger partial charge in [0.05, 0.1) is 6.61 Å². The molecule has 0 spiro atoms. The monoisotopic (exact) mass is 251 g/mol. The first-order valence-electron chi connectivity index (χ1n) is 6.19. The highest BCUT2D eigenvalue weighted by Crippen LogP contribution is 2.15. The summed E-state index contributed by atoms with van der Waals surface area (Å²) in [5.41, 5.74) is 0.701. The summed E-state index contributed by atoms with van der Waals surface area (Å²) < 4.78 is 0. The van der Waals surface area contributed by atoms with Crippen molar-refractivity contribution in [2.24, 2.45) is 5.92 Å². The van der Waals surface area contributed by atoms with Crippen LogP contribution in [0.1, 0.15) is 31.9 Å². The quantitative estimate of drug-likeness (QED) is 0.691. The molecule has 0 heterocycles. The van der Waals surface area contributed by atoms with Crippen molar-refractivity contribution in [3.05, 3.63) is 35.9 Å². The Labute approximate surface area is 108 Å². The molecule has 1 rings (SSSR count). The van der Waals surface area contributed by atoms with E-state index in [4.69, 9.17) is 0 Å². The molecule has 0 saturated carbocycles. The smallest absolute Gasteiger partial charge is 0.325 e. The second kappa shape index (κ2) is 7.13. The molecule has 3 N–H and O–H groups in total. The summed E-state index contributed by atoms with van der Waals surface area (Å²) in [4.78, 5) is 11.3. The number of carboxylic acids is 1. The van der Waals surface area contributed by atoms with Crippen LogP contribution in [0.15, 0.2) is 30.3 Å². The van der Waals surface area contributed by atoms with E-state index in [2.05, 4.69) is 5.32 Å². The van der Waals surface area contributed by atoms with Crippen molar-refractivity contribution < 1.29 is 15.0 Å². The molecule has 4 heteroatoms. The molecule has 18 heavy (non-hydrogen) atoms. The molecule has 0 fully saturated rings. The van der Waals surface area contributed by atoms with Crippen molar-refractivity contribution in [1.82, 2.24) is 5.32 Å². The summed E-state index contributed by atoms with van der Waals surface area (Å²) in [5, 5.41) is 21.6. The molecular formula is C14H21NO3. The molecule has 2 atom stereocenters. The van der Waals surface area contributed by atoms with Gasteiger partial charge in [-0.05, 0) is 17.9 Å². The third-order valence-electron chi connectivity index (χ3n) is 2.76. The molecule has 0 aliphatic heterocycles. The Hall–Kier alpha value is -1.39. The predicted octanol–water partition coefficient (Wildman–Crippen LogP) is 1.81. The lowest BCUT2D eigenvalue weighted by atomic mass is 10.0. The highest BCUT2D eigenvalue weighted by molar-refractivity contribution is 5.75. The maximum atomic E-state index is 11.3. The number of nitrogens with one attached hydrogen (secondary N) is 1. The van der Waals surface area contributed by atoms with Crippen LogP contribution in [0.4, 0.5) is 0 Å². The van der Waals surface area contributed by atoms with Crippen LogP contribution in [0.3, 0.4) is 0 Å². The van der Waals surface area contributed by atoms with E-state index in [0.29, 0.717) is 11.5 Å². The Morgan fingerprint density at radius 3 is 2.33 bits per heavy atom. The van der Waals surface area contributed by atoms with E-state index in [1.165, 1.54) is 0 Å². The van der Waals surface area contributed by atoms with Gasteiger partial charge in [0.25, 0.3) is 0 Å². The number of hydrogen-bond donors (Lipinski definition) is 3. The molecule has 0 bridgehead atoms. The average Bonchev–Trinajstić information content (AvgIpc) is 2.34.